The topological polar surface area (TPSA) is 171 Å². The van der Waals surface area contributed by atoms with Gasteiger partial charge in [-0.05, 0) is 122 Å². The first-order valence-electron chi connectivity index (χ1n) is 11.1. The van der Waals surface area contributed by atoms with E-state index in [4.69, 9.17) is 0 Å². The highest BCUT2D eigenvalue weighted by Crippen LogP contribution is 1.93. The fraction of sp³-hybridized carbons (Fsp3) is 0. The molecule has 0 N–H and O–H groups in total. The molecule has 0 aliphatic heterocycles. The highest BCUT2D eigenvalue weighted by Gasteiger charge is 2.00. The molecule has 40 heavy (non-hydrogen) atoms. The molecule has 0 radical (unpaired) electrons. The van der Waals surface area contributed by atoms with E-state index >= 15 is 0 Å². The quantitative estimate of drug-likeness (QED) is 0.407. The zero-order valence-electron chi connectivity index (χ0n) is 20.6. The van der Waals surface area contributed by atoms with Crippen LogP contribution < -0.4 is 0 Å². The predicted molar refractivity (Wildman–Crippen MR) is 141 cm³/mol. The van der Waals surface area contributed by atoms with Crippen molar-refractivity contribution in [2.75, 3.05) is 0 Å². The first kappa shape index (κ1) is 32.1. The third-order valence-electron chi connectivity index (χ3n) is 4.12. The van der Waals surface area contributed by atoms with Crippen molar-refractivity contribution in [2.45, 2.75) is 0 Å². The highest BCUT2D eigenvalue weighted by molar-refractivity contribution is 6.16. The molecule has 0 fully saturated rings. The number of hydrogen-bond acceptors (Lipinski definition) is 10. The fourth-order valence-corrected chi connectivity index (χ4v) is 2.20. The predicted octanol–water partition coefficient (Wildman–Crippen LogP) is 1.25. The molecule has 5 rings (SSSR count). The van der Waals surface area contributed by atoms with Crippen LogP contribution >= 0.6 is 0 Å². The second kappa shape index (κ2) is 17.5. The molecule has 0 saturated heterocycles. The molecular formula is C30H20O10. The number of carbonyl (C=O) groups is 10. The second-order valence-corrected chi connectivity index (χ2v) is 7.36. The summed E-state index contributed by atoms with van der Waals surface area (Å²) in [6.45, 7) is 0. The van der Waals surface area contributed by atoms with Gasteiger partial charge in [-0.25, -0.2) is 0 Å². The normalized spacial score (nSPS) is 17.5. The van der Waals surface area contributed by atoms with Crippen molar-refractivity contribution in [3.8, 4) is 0 Å². The third-order valence-corrected chi connectivity index (χ3v) is 4.12. The van der Waals surface area contributed by atoms with Gasteiger partial charge < -0.3 is 0 Å². The summed E-state index contributed by atoms with van der Waals surface area (Å²) in [6.07, 6.45) is 25.0. The number of ketones is 10. The van der Waals surface area contributed by atoms with Crippen LogP contribution in [0.1, 0.15) is 0 Å². The Kier molecular flexibility index (Phi) is 14.1. The largest absolute Gasteiger partial charge is 0.290 e. The Morgan fingerprint density at radius 1 is 0.150 bits per heavy atom. The Balaban J connectivity index is 0.000000250. The van der Waals surface area contributed by atoms with E-state index in [0.717, 1.165) is 0 Å². The van der Waals surface area contributed by atoms with Gasteiger partial charge in [0.1, 0.15) is 0 Å². The number of allylic oxidation sites excluding steroid dienone is 20. The molecule has 0 saturated carbocycles. The van der Waals surface area contributed by atoms with Crippen LogP contribution in [-0.2, 0) is 47.9 Å². The maximum Gasteiger partial charge on any atom is 0.178 e. The van der Waals surface area contributed by atoms with E-state index < -0.39 is 0 Å². The Morgan fingerprint density at radius 2 is 0.200 bits per heavy atom. The van der Waals surface area contributed by atoms with Crippen LogP contribution in [0.4, 0.5) is 0 Å². The Labute approximate surface area is 227 Å². The maximum absolute atomic E-state index is 10.3. The van der Waals surface area contributed by atoms with Gasteiger partial charge in [0.2, 0.25) is 0 Å². The average molecular weight is 540 g/mol. The summed E-state index contributed by atoms with van der Waals surface area (Å²) >= 11 is 0. The van der Waals surface area contributed by atoms with Gasteiger partial charge in [0, 0.05) is 0 Å². The van der Waals surface area contributed by atoms with E-state index in [1.54, 1.807) is 0 Å². The van der Waals surface area contributed by atoms with Gasteiger partial charge >= 0.3 is 0 Å². The minimum atomic E-state index is -0.121. The van der Waals surface area contributed by atoms with Crippen LogP contribution in [0.25, 0.3) is 0 Å². The van der Waals surface area contributed by atoms with Gasteiger partial charge in [-0.3, -0.25) is 47.9 Å². The van der Waals surface area contributed by atoms with Gasteiger partial charge in [-0.2, -0.15) is 0 Å². The van der Waals surface area contributed by atoms with Gasteiger partial charge in [0.25, 0.3) is 0 Å². The summed E-state index contributed by atoms with van der Waals surface area (Å²) in [5, 5.41) is 0. The number of rotatable bonds is 0. The van der Waals surface area contributed by atoms with Crippen molar-refractivity contribution in [1.82, 2.24) is 0 Å². The number of hydrogen-bond donors (Lipinski definition) is 0. The van der Waals surface area contributed by atoms with Crippen LogP contribution in [0.15, 0.2) is 122 Å². The summed E-state index contributed by atoms with van der Waals surface area (Å²) in [5.74, 6) is -1.21. The van der Waals surface area contributed by atoms with Gasteiger partial charge in [0.15, 0.2) is 57.8 Å². The lowest BCUT2D eigenvalue weighted by atomic mass is 10.2. The molecule has 5 aliphatic rings. The first-order chi connectivity index (χ1) is 18.9. The molecular weight excluding hydrogens is 520 g/mol. The van der Waals surface area contributed by atoms with Crippen LogP contribution in [-0.4, -0.2) is 57.8 Å². The monoisotopic (exact) mass is 540 g/mol. The zero-order chi connectivity index (χ0) is 29.9. The van der Waals surface area contributed by atoms with E-state index in [9.17, 15) is 47.9 Å². The van der Waals surface area contributed by atoms with E-state index in [1.807, 2.05) is 0 Å². The summed E-state index contributed by atoms with van der Waals surface area (Å²) in [4.78, 5) is 103. The Bertz CT molecular complexity index is 999. The van der Waals surface area contributed by atoms with Gasteiger partial charge in [-0.15, -0.1) is 0 Å². The lowest BCUT2D eigenvalue weighted by molar-refractivity contribution is -0.113. The molecule has 0 bridgehead atoms. The zero-order valence-corrected chi connectivity index (χ0v) is 20.6. The van der Waals surface area contributed by atoms with Crippen molar-refractivity contribution < 1.29 is 47.9 Å². The molecule has 0 atom stereocenters. The van der Waals surface area contributed by atoms with E-state index in [0.29, 0.717) is 0 Å². The first-order valence-corrected chi connectivity index (χ1v) is 11.1. The molecule has 200 valence electrons. The Hall–Kier alpha value is -5.90. The highest BCUT2D eigenvalue weighted by atomic mass is 16.2. The number of carbonyl (C=O) groups excluding carboxylic acids is 10. The van der Waals surface area contributed by atoms with Crippen LogP contribution in [0, 0.1) is 0 Å². The van der Waals surface area contributed by atoms with E-state index in [1.165, 1.54) is 122 Å². The van der Waals surface area contributed by atoms with Crippen molar-refractivity contribution in [2.24, 2.45) is 0 Å². The van der Waals surface area contributed by atoms with Crippen LogP contribution in [0.3, 0.4) is 0 Å². The summed E-state index contributed by atoms with van der Waals surface area (Å²) in [5.41, 5.74) is 0. The molecule has 0 aromatic rings. The van der Waals surface area contributed by atoms with Gasteiger partial charge in [0.05, 0.1) is 0 Å². The van der Waals surface area contributed by atoms with Crippen molar-refractivity contribution >= 4 is 57.8 Å². The molecule has 0 heterocycles. The van der Waals surface area contributed by atoms with Crippen molar-refractivity contribution in [1.29, 1.82) is 0 Å². The summed E-state index contributed by atoms with van der Waals surface area (Å²) in [7, 11) is 0. The minimum absolute atomic E-state index is 0.121. The fourth-order valence-electron chi connectivity index (χ4n) is 2.20. The third kappa shape index (κ3) is 16.0. The van der Waals surface area contributed by atoms with Crippen molar-refractivity contribution in [3.63, 3.8) is 0 Å². The molecule has 0 aromatic heterocycles. The summed E-state index contributed by atoms with van der Waals surface area (Å²) in [6, 6.07) is 0. The maximum atomic E-state index is 10.3. The van der Waals surface area contributed by atoms with Crippen LogP contribution in [0.5, 0.6) is 0 Å². The molecule has 0 amide bonds. The van der Waals surface area contributed by atoms with Gasteiger partial charge in [-0.1, -0.05) is 0 Å². The summed E-state index contributed by atoms with van der Waals surface area (Å²) < 4.78 is 0. The van der Waals surface area contributed by atoms with Crippen LogP contribution in [0.2, 0.25) is 0 Å². The molecule has 10 heteroatoms. The lowest BCUT2D eigenvalue weighted by Crippen LogP contribution is -1.97. The minimum Gasteiger partial charge on any atom is -0.290 e. The second-order valence-electron chi connectivity index (χ2n) is 7.36. The SMILES string of the molecule is O=C1C=CC(=O)C=C1.O=C1C=CC(=O)C=C1.O=C1C=CC(=O)C=C1.O=C1C=CC(=O)C=C1.O=C1C=CC(=O)C=C1. The molecule has 0 unspecified atom stereocenters. The average Bonchev–Trinajstić information content (AvgIpc) is 2.94. The lowest BCUT2D eigenvalue weighted by Gasteiger charge is -1.87. The molecule has 0 aromatic carbocycles. The standard InChI is InChI=1S/5C6H4O2/c5*7-5-1-2-6(8)4-3-5/h5*1-4H. The molecule has 10 nitrogen and oxygen atoms in total. The molecule has 0 spiro atoms. The van der Waals surface area contributed by atoms with Crippen molar-refractivity contribution in [3.05, 3.63) is 122 Å². The van der Waals surface area contributed by atoms with E-state index in [2.05, 4.69) is 0 Å². The molecule has 5 aliphatic carbocycles. The Morgan fingerprint density at radius 3 is 0.250 bits per heavy atom. The van der Waals surface area contributed by atoms with E-state index in [-0.39, 0.29) is 57.8 Å². The smallest absolute Gasteiger partial charge is 0.178 e.